The molecule has 1 aromatic heterocycles. The third-order valence-electron chi connectivity index (χ3n) is 3.50. The second-order valence-corrected chi connectivity index (χ2v) is 5.85. The third kappa shape index (κ3) is 3.26. The summed E-state index contributed by atoms with van der Waals surface area (Å²) < 4.78 is 0. The molecule has 2 aromatic carbocycles. The fourth-order valence-electron chi connectivity index (χ4n) is 2.38. The molecule has 2 N–H and O–H groups in total. The van der Waals surface area contributed by atoms with Gasteiger partial charge >= 0.3 is 0 Å². The van der Waals surface area contributed by atoms with Crippen LogP contribution in [-0.2, 0) is 11.2 Å². The number of halogens is 2. The number of amides is 1. The van der Waals surface area contributed by atoms with Gasteiger partial charge in [-0.25, -0.2) is 0 Å². The van der Waals surface area contributed by atoms with Gasteiger partial charge in [-0.2, -0.15) is 0 Å². The zero-order valence-electron chi connectivity index (χ0n) is 11.7. The van der Waals surface area contributed by atoms with Crippen LogP contribution in [0, 0.1) is 0 Å². The Hall–Kier alpha value is -1.97. The van der Waals surface area contributed by atoms with Gasteiger partial charge in [0, 0.05) is 29.2 Å². The summed E-state index contributed by atoms with van der Waals surface area (Å²) in [6.45, 7) is 0. The number of rotatable bonds is 4. The maximum Gasteiger partial charge on any atom is 0.224 e. The van der Waals surface area contributed by atoms with Gasteiger partial charge in [-0.3, -0.25) is 4.79 Å². The Morgan fingerprint density at radius 3 is 2.73 bits per heavy atom. The number of para-hydroxylation sites is 1. The molecule has 0 aliphatic rings. The molecule has 0 atom stereocenters. The number of carbonyl (C=O) groups excluding carboxylic acids is 1. The maximum atomic E-state index is 12.0. The molecule has 0 fully saturated rings. The second-order valence-electron chi connectivity index (χ2n) is 5.04. The van der Waals surface area contributed by atoms with Gasteiger partial charge in [-0.05, 0) is 36.2 Å². The lowest BCUT2D eigenvalue weighted by atomic mass is 10.1. The van der Waals surface area contributed by atoms with Crippen molar-refractivity contribution in [1.29, 1.82) is 0 Å². The van der Waals surface area contributed by atoms with Gasteiger partial charge < -0.3 is 10.3 Å². The minimum atomic E-state index is -0.0522. The predicted octanol–water partition coefficient (Wildman–Crippen LogP) is 5.05. The SMILES string of the molecule is O=C(CCc1c[nH]c2ccccc12)Nc1ccc(Cl)c(Cl)c1. The van der Waals surface area contributed by atoms with Crippen LogP contribution in [0.3, 0.4) is 0 Å². The first-order valence-corrected chi connectivity index (χ1v) is 7.69. The number of H-pyrrole nitrogens is 1. The standard InChI is InChI=1S/C17H14Cl2N2O/c18-14-7-6-12(9-15(14)19)21-17(22)8-5-11-10-20-16-4-2-1-3-13(11)16/h1-4,6-7,9-10,20H,5,8H2,(H,21,22). The predicted molar refractivity (Wildman–Crippen MR) is 91.7 cm³/mol. The Labute approximate surface area is 138 Å². The van der Waals surface area contributed by atoms with E-state index < -0.39 is 0 Å². The smallest absolute Gasteiger partial charge is 0.224 e. The fraction of sp³-hybridized carbons (Fsp3) is 0.118. The quantitative estimate of drug-likeness (QED) is 0.690. The third-order valence-corrected chi connectivity index (χ3v) is 4.24. The molecule has 3 nitrogen and oxygen atoms in total. The maximum absolute atomic E-state index is 12.0. The van der Waals surface area contributed by atoms with Crippen molar-refractivity contribution in [2.24, 2.45) is 0 Å². The first-order chi connectivity index (χ1) is 10.6. The fourth-order valence-corrected chi connectivity index (χ4v) is 2.68. The molecule has 0 unspecified atom stereocenters. The van der Waals surface area contributed by atoms with E-state index in [0.717, 1.165) is 16.5 Å². The van der Waals surface area contributed by atoms with Crippen LogP contribution in [0.4, 0.5) is 5.69 Å². The first kappa shape index (κ1) is 14.9. The summed E-state index contributed by atoms with van der Waals surface area (Å²) in [5.74, 6) is -0.0522. The normalized spacial score (nSPS) is 10.8. The number of anilines is 1. The van der Waals surface area contributed by atoms with Crippen molar-refractivity contribution < 1.29 is 4.79 Å². The summed E-state index contributed by atoms with van der Waals surface area (Å²) >= 11 is 11.8. The lowest BCUT2D eigenvalue weighted by Crippen LogP contribution is -2.12. The lowest BCUT2D eigenvalue weighted by Gasteiger charge is -2.06. The van der Waals surface area contributed by atoms with Crippen LogP contribution < -0.4 is 5.32 Å². The highest BCUT2D eigenvalue weighted by Crippen LogP contribution is 2.25. The summed E-state index contributed by atoms with van der Waals surface area (Å²) in [5, 5.41) is 4.88. The summed E-state index contributed by atoms with van der Waals surface area (Å²) in [4.78, 5) is 15.3. The molecule has 3 aromatic rings. The number of nitrogens with one attached hydrogen (secondary N) is 2. The number of aromatic amines is 1. The summed E-state index contributed by atoms with van der Waals surface area (Å²) in [7, 11) is 0. The van der Waals surface area contributed by atoms with E-state index in [9.17, 15) is 4.79 Å². The van der Waals surface area contributed by atoms with Crippen molar-refractivity contribution in [3.63, 3.8) is 0 Å². The summed E-state index contributed by atoms with van der Waals surface area (Å²) in [6.07, 6.45) is 3.04. The van der Waals surface area contributed by atoms with E-state index in [0.29, 0.717) is 28.6 Å². The Balaban J connectivity index is 1.63. The zero-order valence-corrected chi connectivity index (χ0v) is 13.2. The molecule has 5 heteroatoms. The van der Waals surface area contributed by atoms with Gasteiger partial charge in [0.1, 0.15) is 0 Å². The number of fused-ring (bicyclic) bond motifs is 1. The molecule has 0 saturated heterocycles. The molecule has 112 valence electrons. The monoisotopic (exact) mass is 332 g/mol. The largest absolute Gasteiger partial charge is 0.361 e. The van der Waals surface area contributed by atoms with Gasteiger partial charge in [-0.15, -0.1) is 0 Å². The average molecular weight is 333 g/mol. The molecule has 0 saturated carbocycles. The molecule has 0 aliphatic heterocycles. The van der Waals surface area contributed by atoms with Gasteiger partial charge in [0.05, 0.1) is 10.0 Å². The van der Waals surface area contributed by atoms with E-state index in [-0.39, 0.29) is 5.91 Å². The number of benzene rings is 2. The van der Waals surface area contributed by atoms with Crippen LogP contribution in [0.25, 0.3) is 10.9 Å². The Morgan fingerprint density at radius 2 is 1.91 bits per heavy atom. The van der Waals surface area contributed by atoms with E-state index in [1.165, 1.54) is 0 Å². The van der Waals surface area contributed by atoms with Crippen molar-refractivity contribution in [1.82, 2.24) is 4.98 Å². The molecule has 22 heavy (non-hydrogen) atoms. The van der Waals surface area contributed by atoms with Gasteiger partial charge in [0.2, 0.25) is 5.91 Å². The number of carbonyl (C=O) groups is 1. The molecular weight excluding hydrogens is 319 g/mol. The molecular formula is C17H14Cl2N2O. The molecule has 0 aliphatic carbocycles. The van der Waals surface area contributed by atoms with Crippen molar-refractivity contribution in [3.05, 3.63) is 64.3 Å². The molecule has 1 amide bonds. The second kappa shape index (κ2) is 6.42. The van der Waals surface area contributed by atoms with Crippen LogP contribution >= 0.6 is 23.2 Å². The van der Waals surface area contributed by atoms with E-state index in [1.54, 1.807) is 18.2 Å². The van der Waals surface area contributed by atoms with E-state index in [1.807, 2.05) is 24.4 Å². The van der Waals surface area contributed by atoms with Crippen molar-refractivity contribution in [2.75, 3.05) is 5.32 Å². The van der Waals surface area contributed by atoms with Gasteiger partial charge in [0.15, 0.2) is 0 Å². The number of hydrogen-bond donors (Lipinski definition) is 2. The van der Waals surface area contributed by atoms with Crippen molar-refractivity contribution in [3.8, 4) is 0 Å². The minimum Gasteiger partial charge on any atom is -0.361 e. The van der Waals surface area contributed by atoms with Crippen LogP contribution in [-0.4, -0.2) is 10.9 Å². The van der Waals surface area contributed by atoms with E-state index in [2.05, 4.69) is 16.4 Å². The zero-order chi connectivity index (χ0) is 15.5. The number of aromatic nitrogens is 1. The van der Waals surface area contributed by atoms with Gasteiger partial charge in [-0.1, -0.05) is 41.4 Å². The lowest BCUT2D eigenvalue weighted by molar-refractivity contribution is -0.116. The Bertz CT molecular complexity index is 826. The number of hydrogen-bond acceptors (Lipinski definition) is 1. The average Bonchev–Trinajstić information content (AvgIpc) is 2.92. The van der Waals surface area contributed by atoms with E-state index in [4.69, 9.17) is 23.2 Å². The Morgan fingerprint density at radius 1 is 1.09 bits per heavy atom. The van der Waals surface area contributed by atoms with Gasteiger partial charge in [0.25, 0.3) is 0 Å². The van der Waals surface area contributed by atoms with Crippen molar-refractivity contribution in [2.45, 2.75) is 12.8 Å². The minimum absolute atomic E-state index is 0.0522. The molecule has 1 heterocycles. The molecule has 0 spiro atoms. The molecule has 3 rings (SSSR count). The summed E-state index contributed by atoms with van der Waals surface area (Å²) in [5.41, 5.74) is 2.88. The van der Waals surface area contributed by atoms with E-state index >= 15 is 0 Å². The highest BCUT2D eigenvalue weighted by molar-refractivity contribution is 6.42. The van der Waals surface area contributed by atoms with Crippen molar-refractivity contribution >= 4 is 45.7 Å². The van der Waals surface area contributed by atoms with Crippen LogP contribution in [0.15, 0.2) is 48.7 Å². The van der Waals surface area contributed by atoms with Crippen LogP contribution in [0.2, 0.25) is 10.0 Å². The molecule has 0 radical (unpaired) electrons. The first-order valence-electron chi connectivity index (χ1n) is 6.93. The topological polar surface area (TPSA) is 44.9 Å². The van der Waals surface area contributed by atoms with Crippen LogP contribution in [0.1, 0.15) is 12.0 Å². The Kier molecular flexibility index (Phi) is 4.36. The summed E-state index contributed by atoms with van der Waals surface area (Å²) in [6, 6.07) is 13.1. The van der Waals surface area contributed by atoms with Crippen LogP contribution in [0.5, 0.6) is 0 Å². The number of aryl methyl sites for hydroxylation is 1. The highest BCUT2D eigenvalue weighted by Gasteiger charge is 2.08. The molecule has 0 bridgehead atoms. The highest BCUT2D eigenvalue weighted by atomic mass is 35.5.